The first-order valence-corrected chi connectivity index (χ1v) is 10.1. The van der Waals surface area contributed by atoms with Gasteiger partial charge in [0.15, 0.2) is 0 Å². The Morgan fingerprint density at radius 3 is 2.71 bits per heavy atom. The smallest absolute Gasteiger partial charge is 0.214 e. The molecule has 0 spiro atoms. The van der Waals surface area contributed by atoms with E-state index in [4.69, 9.17) is 0 Å². The molecule has 0 radical (unpaired) electrons. The van der Waals surface area contributed by atoms with Crippen molar-refractivity contribution in [1.29, 1.82) is 0 Å². The van der Waals surface area contributed by atoms with Gasteiger partial charge in [-0.25, -0.2) is 13.4 Å². The lowest BCUT2D eigenvalue weighted by molar-refractivity contribution is 0.299. The number of aromatic nitrogens is 2. The van der Waals surface area contributed by atoms with Crippen molar-refractivity contribution in [1.82, 2.24) is 13.7 Å². The molecule has 21 heavy (non-hydrogen) atoms. The topological polar surface area (TPSA) is 66.4 Å². The van der Waals surface area contributed by atoms with Crippen LogP contribution in [0.15, 0.2) is 0 Å². The molecular weight excluding hydrogens is 308 g/mol. The van der Waals surface area contributed by atoms with Crippen molar-refractivity contribution < 1.29 is 8.42 Å². The summed E-state index contributed by atoms with van der Waals surface area (Å²) in [5.41, 5.74) is 0. The summed E-state index contributed by atoms with van der Waals surface area (Å²) in [6.07, 6.45) is 5.18. The van der Waals surface area contributed by atoms with Crippen LogP contribution in [-0.4, -0.2) is 53.5 Å². The minimum Gasteiger partial charge on any atom is -0.345 e. The SMILES string of the molecule is O=S1(=O)CCCN1C1CCCN(c2nc(C3CC3)ns2)C1. The highest BCUT2D eigenvalue weighted by molar-refractivity contribution is 7.89. The van der Waals surface area contributed by atoms with Crippen molar-refractivity contribution >= 4 is 26.7 Å². The molecule has 1 atom stereocenters. The lowest BCUT2D eigenvalue weighted by Crippen LogP contribution is -2.48. The number of rotatable bonds is 3. The lowest BCUT2D eigenvalue weighted by Gasteiger charge is -2.36. The summed E-state index contributed by atoms with van der Waals surface area (Å²) in [7, 11) is -3.02. The molecule has 116 valence electrons. The van der Waals surface area contributed by atoms with Crippen molar-refractivity contribution in [3.05, 3.63) is 5.82 Å². The predicted molar refractivity (Wildman–Crippen MR) is 82.2 cm³/mol. The molecule has 1 unspecified atom stereocenters. The normalized spacial score (nSPS) is 29.9. The van der Waals surface area contributed by atoms with E-state index in [0.717, 1.165) is 43.3 Å². The molecule has 0 amide bonds. The van der Waals surface area contributed by atoms with Gasteiger partial charge in [0.1, 0.15) is 5.82 Å². The van der Waals surface area contributed by atoms with Crippen molar-refractivity contribution in [2.45, 2.75) is 44.1 Å². The van der Waals surface area contributed by atoms with Crippen LogP contribution in [0.3, 0.4) is 0 Å². The average Bonchev–Trinajstić information content (AvgIpc) is 3.09. The van der Waals surface area contributed by atoms with Gasteiger partial charge in [0.05, 0.1) is 5.75 Å². The van der Waals surface area contributed by atoms with Crippen LogP contribution in [0.4, 0.5) is 5.13 Å². The van der Waals surface area contributed by atoms with E-state index in [2.05, 4.69) is 14.3 Å². The van der Waals surface area contributed by atoms with Crippen LogP contribution in [0.25, 0.3) is 0 Å². The molecule has 2 aliphatic heterocycles. The van der Waals surface area contributed by atoms with E-state index in [9.17, 15) is 8.42 Å². The summed E-state index contributed by atoms with van der Waals surface area (Å²) >= 11 is 1.47. The molecule has 3 fully saturated rings. The molecule has 1 saturated carbocycles. The largest absolute Gasteiger partial charge is 0.345 e. The Bertz CT molecular complexity index is 626. The van der Waals surface area contributed by atoms with Crippen LogP contribution >= 0.6 is 11.5 Å². The molecule has 1 aliphatic carbocycles. The van der Waals surface area contributed by atoms with E-state index in [0.29, 0.717) is 18.2 Å². The quantitative estimate of drug-likeness (QED) is 0.839. The molecule has 0 N–H and O–H groups in total. The zero-order chi connectivity index (χ0) is 14.4. The Hall–Kier alpha value is -0.730. The van der Waals surface area contributed by atoms with Gasteiger partial charge in [-0.3, -0.25) is 0 Å². The number of hydrogen-bond donors (Lipinski definition) is 0. The third-order valence-electron chi connectivity index (χ3n) is 4.59. The molecule has 8 heteroatoms. The second-order valence-electron chi connectivity index (χ2n) is 6.23. The van der Waals surface area contributed by atoms with Gasteiger partial charge < -0.3 is 4.90 Å². The molecule has 1 aromatic heterocycles. The van der Waals surface area contributed by atoms with Gasteiger partial charge in [-0.15, -0.1) is 0 Å². The summed E-state index contributed by atoms with van der Waals surface area (Å²) in [5.74, 6) is 1.88. The molecular formula is C13H20N4O2S2. The van der Waals surface area contributed by atoms with Crippen molar-refractivity contribution in [2.75, 3.05) is 30.3 Å². The molecule has 3 heterocycles. The molecule has 3 aliphatic rings. The summed E-state index contributed by atoms with van der Waals surface area (Å²) in [6, 6.07) is 0.111. The Kier molecular flexibility index (Phi) is 3.42. The highest BCUT2D eigenvalue weighted by atomic mass is 32.2. The summed E-state index contributed by atoms with van der Waals surface area (Å²) < 4.78 is 30.4. The number of hydrogen-bond acceptors (Lipinski definition) is 6. The Balaban J connectivity index is 1.49. The van der Waals surface area contributed by atoms with Gasteiger partial charge in [-0.2, -0.15) is 8.68 Å². The van der Waals surface area contributed by atoms with Gasteiger partial charge in [-0.1, -0.05) is 0 Å². The van der Waals surface area contributed by atoms with Gasteiger partial charge in [-0.05, 0) is 32.1 Å². The Labute approximate surface area is 129 Å². The van der Waals surface area contributed by atoms with E-state index in [-0.39, 0.29) is 6.04 Å². The molecule has 6 nitrogen and oxygen atoms in total. The van der Waals surface area contributed by atoms with E-state index in [1.54, 1.807) is 4.31 Å². The van der Waals surface area contributed by atoms with Crippen LogP contribution < -0.4 is 4.90 Å². The Morgan fingerprint density at radius 2 is 2.00 bits per heavy atom. The summed E-state index contributed by atoms with van der Waals surface area (Å²) in [5, 5.41) is 0.971. The Morgan fingerprint density at radius 1 is 1.14 bits per heavy atom. The van der Waals surface area contributed by atoms with E-state index in [1.807, 2.05) is 0 Å². The predicted octanol–water partition coefficient (Wildman–Crippen LogP) is 1.42. The number of anilines is 1. The third kappa shape index (κ3) is 2.68. The summed E-state index contributed by atoms with van der Waals surface area (Å²) in [6.45, 7) is 2.41. The monoisotopic (exact) mass is 328 g/mol. The molecule has 1 aromatic rings. The van der Waals surface area contributed by atoms with Gasteiger partial charge in [0.25, 0.3) is 0 Å². The highest BCUT2D eigenvalue weighted by Gasteiger charge is 2.37. The zero-order valence-corrected chi connectivity index (χ0v) is 13.6. The van der Waals surface area contributed by atoms with Gasteiger partial charge >= 0.3 is 0 Å². The first kappa shape index (κ1) is 13.9. The fourth-order valence-corrected chi connectivity index (χ4v) is 5.84. The first-order chi connectivity index (χ1) is 10.1. The van der Waals surface area contributed by atoms with Crippen LogP contribution in [0.1, 0.15) is 43.8 Å². The van der Waals surface area contributed by atoms with Crippen LogP contribution in [0.2, 0.25) is 0 Å². The minimum atomic E-state index is -3.02. The van der Waals surface area contributed by atoms with Crippen molar-refractivity contribution in [3.63, 3.8) is 0 Å². The molecule has 2 saturated heterocycles. The number of nitrogens with zero attached hydrogens (tertiary/aromatic N) is 4. The fourth-order valence-electron chi connectivity index (χ4n) is 3.29. The standard InChI is InChI=1S/C13H20N4O2S2/c18-21(19)8-2-7-17(21)11-3-1-6-16(9-11)13-14-12(15-20-13)10-4-5-10/h10-11H,1-9H2. The average molecular weight is 328 g/mol. The van der Waals surface area contributed by atoms with Crippen LogP contribution in [0.5, 0.6) is 0 Å². The van der Waals surface area contributed by atoms with Crippen LogP contribution in [-0.2, 0) is 10.0 Å². The maximum atomic E-state index is 12.1. The van der Waals surface area contributed by atoms with Crippen LogP contribution in [0, 0.1) is 0 Å². The molecule has 4 rings (SSSR count). The molecule has 0 bridgehead atoms. The maximum absolute atomic E-state index is 12.1. The second kappa shape index (κ2) is 5.17. The van der Waals surface area contributed by atoms with Gasteiger partial charge in [0, 0.05) is 43.1 Å². The molecule has 0 aromatic carbocycles. The van der Waals surface area contributed by atoms with E-state index >= 15 is 0 Å². The van der Waals surface area contributed by atoms with E-state index in [1.165, 1.54) is 24.4 Å². The first-order valence-electron chi connectivity index (χ1n) is 7.71. The number of sulfonamides is 1. The van der Waals surface area contributed by atoms with Crippen molar-refractivity contribution in [2.24, 2.45) is 0 Å². The zero-order valence-electron chi connectivity index (χ0n) is 11.9. The van der Waals surface area contributed by atoms with E-state index < -0.39 is 10.0 Å². The lowest BCUT2D eigenvalue weighted by atomic mass is 10.1. The third-order valence-corrected chi connectivity index (χ3v) is 7.38. The fraction of sp³-hybridized carbons (Fsp3) is 0.846. The summed E-state index contributed by atoms with van der Waals surface area (Å²) in [4.78, 5) is 6.89. The van der Waals surface area contributed by atoms with Crippen molar-refractivity contribution in [3.8, 4) is 0 Å². The maximum Gasteiger partial charge on any atom is 0.214 e. The number of piperidine rings is 1. The second-order valence-corrected chi connectivity index (χ2v) is 9.00. The highest BCUT2D eigenvalue weighted by Crippen LogP contribution is 2.40. The minimum absolute atomic E-state index is 0.111. The van der Waals surface area contributed by atoms with Gasteiger partial charge in [0.2, 0.25) is 15.2 Å².